The first-order chi connectivity index (χ1) is 29.6. The molecule has 0 atom stereocenters. The molecule has 0 unspecified atom stereocenters. The molecule has 252 valence electrons. The molecule has 0 aliphatic heterocycles. The maximum absolute atomic E-state index is 8.81. The van der Waals surface area contributed by atoms with E-state index in [4.69, 9.17) is 24.5 Å². The standard InChI is InChI=1S/C51H33N3/c1-2-14-36(15-3-1)49-52-50(54-51(53-49)44-21-9-19-41(33-44)47-24-10-16-34-12-4-6-22-45(34)47)43-20-8-18-37(32-43)38-26-27-40-31-42(29-28-39(40)30-38)48-25-11-17-35-13-5-7-23-46(35)48/h1-33H/i5D,7D,11D,13D,17D,23D,25D. The van der Waals surface area contributed by atoms with Gasteiger partial charge in [-0.05, 0) is 90.0 Å². The van der Waals surface area contributed by atoms with Crippen molar-refractivity contribution < 1.29 is 9.60 Å². The summed E-state index contributed by atoms with van der Waals surface area (Å²) in [6, 6.07) is 49.9. The number of benzene rings is 9. The molecule has 0 radical (unpaired) electrons. The van der Waals surface area contributed by atoms with E-state index in [0.29, 0.717) is 23.0 Å². The molecule has 0 amide bonds. The lowest BCUT2D eigenvalue weighted by Crippen LogP contribution is -2.00. The molecule has 54 heavy (non-hydrogen) atoms. The summed E-state index contributed by atoms with van der Waals surface area (Å²) in [6.07, 6.45) is 0. The van der Waals surface area contributed by atoms with Crippen molar-refractivity contribution in [3.8, 4) is 67.5 Å². The Morgan fingerprint density at radius 3 is 1.65 bits per heavy atom. The number of fused-ring (bicyclic) bond motifs is 3. The summed E-state index contributed by atoms with van der Waals surface area (Å²) in [5.41, 5.74) is 7.40. The lowest BCUT2D eigenvalue weighted by atomic mass is 9.94. The van der Waals surface area contributed by atoms with Crippen molar-refractivity contribution in [2.24, 2.45) is 0 Å². The summed E-state index contributed by atoms with van der Waals surface area (Å²) in [4.78, 5) is 15.1. The SMILES string of the molecule is [2H]c1c([2H])c([2H])c2c(-c3ccc4cc(-c5cccc(-c6nc(-c7ccccc7)nc(-c7cccc(-c8cccc9ccccc89)c7)n6)c5)ccc4c3)c([2H])c([2H])c([2H])c2c1[2H]. The number of rotatable bonds is 6. The van der Waals surface area contributed by atoms with E-state index in [9.17, 15) is 0 Å². The third-order valence-electron chi connectivity index (χ3n) is 9.78. The second kappa shape index (κ2) is 13.4. The van der Waals surface area contributed by atoms with Gasteiger partial charge in [-0.3, -0.25) is 0 Å². The van der Waals surface area contributed by atoms with Crippen LogP contribution in [0.1, 0.15) is 9.60 Å². The van der Waals surface area contributed by atoms with Gasteiger partial charge in [0.1, 0.15) is 0 Å². The topological polar surface area (TPSA) is 38.7 Å². The molecule has 0 aliphatic rings. The normalized spacial score (nSPS) is 13.1. The van der Waals surface area contributed by atoms with Gasteiger partial charge in [0, 0.05) is 16.7 Å². The molecule has 0 saturated carbocycles. The van der Waals surface area contributed by atoms with Crippen molar-refractivity contribution in [1.29, 1.82) is 0 Å². The highest BCUT2D eigenvalue weighted by Crippen LogP contribution is 2.35. The minimum absolute atomic E-state index is 0.0621. The average molecular weight is 695 g/mol. The first-order valence-electron chi connectivity index (χ1n) is 21.2. The average Bonchev–Trinajstić information content (AvgIpc) is 3.31. The Bertz CT molecular complexity index is 3390. The van der Waals surface area contributed by atoms with Gasteiger partial charge in [-0.15, -0.1) is 0 Å². The van der Waals surface area contributed by atoms with Crippen LogP contribution in [0.15, 0.2) is 200 Å². The minimum atomic E-state index is -0.473. The maximum Gasteiger partial charge on any atom is 0.164 e. The lowest BCUT2D eigenvalue weighted by molar-refractivity contribution is 1.07. The summed E-state index contributed by atoms with van der Waals surface area (Å²) in [7, 11) is 0. The Hall–Kier alpha value is -7.23. The van der Waals surface area contributed by atoms with E-state index in [1.807, 2.05) is 84.9 Å². The second-order valence-electron chi connectivity index (χ2n) is 13.1. The zero-order valence-electron chi connectivity index (χ0n) is 35.9. The highest BCUT2D eigenvalue weighted by Gasteiger charge is 2.15. The molecule has 10 rings (SSSR count). The largest absolute Gasteiger partial charge is 0.208 e. The lowest BCUT2D eigenvalue weighted by Gasteiger charge is -2.12. The van der Waals surface area contributed by atoms with Crippen LogP contribution in [0, 0.1) is 0 Å². The van der Waals surface area contributed by atoms with Gasteiger partial charge < -0.3 is 0 Å². The van der Waals surface area contributed by atoms with E-state index in [2.05, 4.69) is 66.7 Å². The van der Waals surface area contributed by atoms with Crippen LogP contribution in [0.5, 0.6) is 0 Å². The van der Waals surface area contributed by atoms with Crippen LogP contribution in [-0.2, 0) is 0 Å². The number of hydrogen-bond donors (Lipinski definition) is 0. The zero-order chi connectivity index (χ0) is 41.9. The zero-order valence-corrected chi connectivity index (χ0v) is 28.9. The highest BCUT2D eigenvalue weighted by atomic mass is 15.0. The first kappa shape index (κ1) is 24.9. The molecular formula is C51H33N3. The van der Waals surface area contributed by atoms with E-state index < -0.39 is 18.1 Å². The predicted molar refractivity (Wildman–Crippen MR) is 225 cm³/mol. The predicted octanol–water partition coefficient (Wildman–Crippen LogP) is 13.3. The summed E-state index contributed by atoms with van der Waals surface area (Å²) in [5, 5.41) is 4.10. The van der Waals surface area contributed by atoms with Crippen LogP contribution < -0.4 is 0 Å². The number of aromatic nitrogens is 3. The molecule has 3 heteroatoms. The molecule has 3 nitrogen and oxygen atoms in total. The number of nitrogens with zero attached hydrogens (tertiary/aromatic N) is 3. The van der Waals surface area contributed by atoms with E-state index in [1.165, 1.54) is 10.8 Å². The summed E-state index contributed by atoms with van der Waals surface area (Å²) >= 11 is 0. The van der Waals surface area contributed by atoms with Crippen LogP contribution in [-0.4, -0.2) is 15.0 Å². The molecule has 0 fully saturated rings. The Labute approximate surface area is 323 Å². The second-order valence-corrected chi connectivity index (χ2v) is 13.1. The fourth-order valence-corrected chi connectivity index (χ4v) is 7.10. The molecule has 0 aliphatic carbocycles. The van der Waals surface area contributed by atoms with Crippen molar-refractivity contribution in [3.05, 3.63) is 200 Å². The maximum atomic E-state index is 8.81. The highest BCUT2D eigenvalue weighted by molar-refractivity contribution is 6.00. The van der Waals surface area contributed by atoms with Crippen molar-refractivity contribution in [2.75, 3.05) is 0 Å². The van der Waals surface area contributed by atoms with Gasteiger partial charge in [0.25, 0.3) is 0 Å². The van der Waals surface area contributed by atoms with Gasteiger partial charge in [0.2, 0.25) is 0 Å². The molecule has 0 spiro atoms. The van der Waals surface area contributed by atoms with Gasteiger partial charge in [0.05, 0.1) is 9.60 Å². The Morgan fingerprint density at radius 2 is 0.833 bits per heavy atom. The molecule has 1 aromatic heterocycles. The number of hydrogen-bond acceptors (Lipinski definition) is 3. The molecule has 10 aromatic rings. The quantitative estimate of drug-likeness (QED) is 0.174. The molecule has 1 heterocycles. The van der Waals surface area contributed by atoms with E-state index in [-0.39, 0.29) is 40.5 Å². The fraction of sp³-hybridized carbons (Fsp3) is 0. The van der Waals surface area contributed by atoms with Gasteiger partial charge in [0.15, 0.2) is 17.5 Å². The molecule has 0 N–H and O–H groups in total. The van der Waals surface area contributed by atoms with Crippen LogP contribution in [0.2, 0.25) is 0 Å². The van der Waals surface area contributed by atoms with Crippen molar-refractivity contribution in [2.45, 2.75) is 0 Å². The fourth-order valence-electron chi connectivity index (χ4n) is 7.10. The Morgan fingerprint density at radius 1 is 0.296 bits per heavy atom. The van der Waals surface area contributed by atoms with Crippen LogP contribution in [0.4, 0.5) is 0 Å². The van der Waals surface area contributed by atoms with Gasteiger partial charge in [-0.1, -0.05) is 176 Å². The van der Waals surface area contributed by atoms with E-state index >= 15 is 0 Å². The summed E-state index contributed by atoms with van der Waals surface area (Å²) in [5.74, 6) is 1.67. The van der Waals surface area contributed by atoms with Gasteiger partial charge >= 0.3 is 0 Å². The summed E-state index contributed by atoms with van der Waals surface area (Å²) < 4.78 is 59.5. The van der Waals surface area contributed by atoms with Crippen molar-refractivity contribution in [3.63, 3.8) is 0 Å². The van der Waals surface area contributed by atoms with Crippen molar-refractivity contribution >= 4 is 32.3 Å². The molecule has 0 bridgehead atoms. The molecule has 0 saturated heterocycles. The Balaban J connectivity index is 1.05. The monoisotopic (exact) mass is 694 g/mol. The Kier molecular flexibility index (Phi) is 6.17. The molecule has 9 aromatic carbocycles. The summed E-state index contributed by atoms with van der Waals surface area (Å²) in [6.45, 7) is 0. The van der Waals surface area contributed by atoms with E-state index in [1.54, 1.807) is 6.07 Å². The van der Waals surface area contributed by atoms with Crippen LogP contribution >= 0.6 is 0 Å². The van der Waals surface area contributed by atoms with Crippen molar-refractivity contribution in [1.82, 2.24) is 15.0 Å². The van der Waals surface area contributed by atoms with Crippen LogP contribution in [0.25, 0.3) is 99.9 Å². The third-order valence-corrected chi connectivity index (χ3v) is 9.78. The van der Waals surface area contributed by atoms with Crippen LogP contribution in [0.3, 0.4) is 0 Å². The smallest absolute Gasteiger partial charge is 0.164 e. The first-order valence-corrected chi connectivity index (χ1v) is 17.7. The van der Waals surface area contributed by atoms with Gasteiger partial charge in [-0.25, -0.2) is 15.0 Å². The van der Waals surface area contributed by atoms with Gasteiger partial charge in [-0.2, -0.15) is 0 Å². The minimum Gasteiger partial charge on any atom is -0.208 e. The third kappa shape index (κ3) is 5.88. The van der Waals surface area contributed by atoms with E-state index in [0.717, 1.165) is 49.7 Å². The molecular weight excluding hydrogens is 655 g/mol.